The molecule has 1 saturated carbocycles. The summed E-state index contributed by atoms with van der Waals surface area (Å²) in [4.78, 5) is 16.9. The second kappa shape index (κ2) is 6.47. The van der Waals surface area contributed by atoms with Gasteiger partial charge in [0.05, 0.1) is 22.4 Å². The second-order valence-corrected chi connectivity index (χ2v) is 6.97. The molecule has 1 aromatic heterocycles. The molecular formula is C20H17F3N4O. The van der Waals surface area contributed by atoms with Gasteiger partial charge in [0.2, 0.25) is 5.91 Å². The van der Waals surface area contributed by atoms with Crippen LogP contribution in [0.1, 0.15) is 29.5 Å². The number of hydrogen-bond donors (Lipinski definition) is 1. The smallest absolute Gasteiger partial charge is 0.323 e. The first-order chi connectivity index (χ1) is 13.3. The molecule has 0 atom stereocenters. The highest BCUT2D eigenvalue weighted by molar-refractivity contribution is 6.02. The number of aromatic nitrogens is 3. The molecule has 0 spiro atoms. The van der Waals surface area contributed by atoms with Gasteiger partial charge in [-0.3, -0.25) is 4.79 Å². The summed E-state index contributed by atoms with van der Waals surface area (Å²) in [7, 11) is 0. The maximum atomic E-state index is 13.2. The number of benzene rings is 2. The van der Waals surface area contributed by atoms with Gasteiger partial charge >= 0.3 is 6.18 Å². The monoisotopic (exact) mass is 386 g/mol. The first-order valence-electron chi connectivity index (χ1n) is 8.74. The van der Waals surface area contributed by atoms with Gasteiger partial charge in [0.25, 0.3) is 0 Å². The van der Waals surface area contributed by atoms with E-state index in [0.29, 0.717) is 18.5 Å². The van der Waals surface area contributed by atoms with Crippen molar-refractivity contribution in [3.63, 3.8) is 0 Å². The van der Waals surface area contributed by atoms with Gasteiger partial charge in [-0.05, 0) is 43.5 Å². The molecule has 144 valence electrons. The molecule has 2 aromatic carbocycles. The maximum Gasteiger partial charge on any atom is 0.416 e. The predicted octanol–water partition coefficient (Wildman–Crippen LogP) is 4.26. The van der Waals surface area contributed by atoms with Crippen molar-refractivity contribution in [3.05, 3.63) is 71.8 Å². The summed E-state index contributed by atoms with van der Waals surface area (Å²) in [5, 5.41) is 6.66. The Balaban J connectivity index is 1.70. The molecule has 1 amide bonds. The van der Waals surface area contributed by atoms with Crippen LogP contribution in [-0.2, 0) is 16.4 Å². The van der Waals surface area contributed by atoms with Crippen LogP contribution in [0.5, 0.6) is 0 Å². The minimum absolute atomic E-state index is 0.0451. The van der Waals surface area contributed by atoms with Gasteiger partial charge in [-0.1, -0.05) is 29.8 Å². The molecule has 28 heavy (non-hydrogen) atoms. The van der Waals surface area contributed by atoms with Gasteiger partial charge in [-0.25, -0.2) is 9.67 Å². The minimum Gasteiger partial charge on any atom is -0.323 e. The molecule has 0 bridgehead atoms. The van der Waals surface area contributed by atoms with Crippen LogP contribution in [0.4, 0.5) is 18.9 Å². The topological polar surface area (TPSA) is 59.8 Å². The number of hydrogen-bond acceptors (Lipinski definition) is 3. The average molecular weight is 386 g/mol. The van der Waals surface area contributed by atoms with E-state index < -0.39 is 17.2 Å². The highest BCUT2D eigenvalue weighted by Crippen LogP contribution is 2.49. The van der Waals surface area contributed by atoms with E-state index in [1.54, 1.807) is 0 Å². The lowest BCUT2D eigenvalue weighted by Gasteiger charge is -2.19. The molecular weight excluding hydrogens is 369 g/mol. The number of anilines is 1. The number of aryl methyl sites for hydroxylation is 1. The van der Waals surface area contributed by atoms with E-state index >= 15 is 0 Å². The molecule has 0 saturated heterocycles. The third-order valence-corrected chi connectivity index (χ3v) is 5.03. The van der Waals surface area contributed by atoms with Gasteiger partial charge in [0.15, 0.2) is 0 Å². The van der Waals surface area contributed by atoms with Gasteiger partial charge < -0.3 is 5.32 Å². The molecule has 1 aliphatic rings. The summed E-state index contributed by atoms with van der Waals surface area (Å²) in [6.45, 7) is 1.95. The minimum atomic E-state index is -4.52. The Kier molecular flexibility index (Phi) is 4.21. The quantitative estimate of drug-likeness (QED) is 0.729. The molecule has 1 N–H and O–H groups in total. The first kappa shape index (κ1) is 18.2. The Morgan fingerprint density at radius 3 is 2.43 bits per heavy atom. The van der Waals surface area contributed by atoms with Crippen molar-refractivity contribution >= 4 is 11.6 Å². The Labute approximate surface area is 159 Å². The zero-order valence-corrected chi connectivity index (χ0v) is 15.0. The Morgan fingerprint density at radius 2 is 1.86 bits per heavy atom. The lowest BCUT2D eigenvalue weighted by atomic mass is 9.94. The van der Waals surface area contributed by atoms with E-state index in [2.05, 4.69) is 15.4 Å². The van der Waals surface area contributed by atoms with Crippen molar-refractivity contribution in [1.82, 2.24) is 14.8 Å². The van der Waals surface area contributed by atoms with E-state index in [1.165, 1.54) is 23.4 Å². The summed E-state index contributed by atoms with van der Waals surface area (Å²) >= 11 is 0. The van der Waals surface area contributed by atoms with Gasteiger partial charge in [-0.2, -0.15) is 18.3 Å². The fourth-order valence-corrected chi connectivity index (χ4v) is 3.23. The number of halogens is 3. The van der Waals surface area contributed by atoms with Crippen LogP contribution in [0.25, 0.3) is 5.69 Å². The third kappa shape index (κ3) is 3.26. The van der Waals surface area contributed by atoms with Crippen LogP contribution in [0, 0.1) is 6.92 Å². The normalized spacial score (nSPS) is 15.3. The summed E-state index contributed by atoms with van der Waals surface area (Å²) in [6.07, 6.45) is -0.573. The maximum absolute atomic E-state index is 13.2. The molecule has 8 heteroatoms. The number of rotatable bonds is 4. The molecule has 0 unspecified atom stereocenters. The van der Waals surface area contributed by atoms with Crippen molar-refractivity contribution in [2.24, 2.45) is 0 Å². The first-order valence-corrected chi connectivity index (χ1v) is 8.74. The Hall–Kier alpha value is -3.16. The zero-order valence-electron chi connectivity index (χ0n) is 15.0. The van der Waals surface area contributed by atoms with Crippen molar-refractivity contribution in [1.29, 1.82) is 0 Å². The number of nitrogens with one attached hydrogen (secondary N) is 1. The molecule has 1 heterocycles. The number of carbonyl (C=O) groups is 1. The van der Waals surface area contributed by atoms with Crippen LogP contribution < -0.4 is 5.32 Å². The molecule has 1 fully saturated rings. The van der Waals surface area contributed by atoms with E-state index in [4.69, 9.17) is 0 Å². The fraction of sp³-hybridized carbons (Fsp3) is 0.250. The van der Waals surface area contributed by atoms with Gasteiger partial charge in [0, 0.05) is 0 Å². The number of nitrogens with zero attached hydrogens (tertiary/aromatic N) is 3. The largest absolute Gasteiger partial charge is 0.416 e. The Morgan fingerprint density at radius 1 is 1.14 bits per heavy atom. The summed E-state index contributed by atoms with van der Waals surface area (Å²) < 4.78 is 40.9. The summed E-state index contributed by atoms with van der Waals surface area (Å²) in [6, 6.07) is 10.8. The average Bonchev–Trinajstić information content (AvgIpc) is 3.29. The van der Waals surface area contributed by atoms with Crippen LogP contribution in [0.15, 0.2) is 55.1 Å². The van der Waals surface area contributed by atoms with Gasteiger partial charge in [-0.15, -0.1) is 0 Å². The highest BCUT2D eigenvalue weighted by Gasteiger charge is 2.51. The van der Waals surface area contributed by atoms with Crippen LogP contribution in [-0.4, -0.2) is 20.7 Å². The van der Waals surface area contributed by atoms with Crippen molar-refractivity contribution in [2.45, 2.75) is 31.4 Å². The third-order valence-electron chi connectivity index (χ3n) is 5.03. The standard InChI is InChI=1S/C20H17F3N4O/c1-13-2-4-14(5-3-13)19(8-9-19)18(28)26-16-10-15(20(21,22)23)6-7-17(16)27-12-24-11-25-27/h2-7,10-12H,8-9H2,1H3,(H,26,28). The van der Waals surface area contributed by atoms with E-state index in [1.807, 2.05) is 31.2 Å². The Bertz CT molecular complexity index is 1010. The molecule has 0 aliphatic heterocycles. The molecule has 3 aromatic rings. The van der Waals surface area contributed by atoms with Crippen molar-refractivity contribution in [3.8, 4) is 5.69 Å². The SMILES string of the molecule is Cc1ccc(C2(C(=O)Nc3cc(C(F)(F)F)ccc3-n3cncn3)CC2)cc1. The lowest BCUT2D eigenvalue weighted by Crippen LogP contribution is -2.28. The van der Waals surface area contributed by atoms with E-state index in [-0.39, 0.29) is 11.6 Å². The van der Waals surface area contributed by atoms with Crippen molar-refractivity contribution < 1.29 is 18.0 Å². The van der Waals surface area contributed by atoms with E-state index in [0.717, 1.165) is 23.3 Å². The zero-order chi connectivity index (χ0) is 19.9. The number of amides is 1. The van der Waals surface area contributed by atoms with Crippen LogP contribution in [0.2, 0.25) is 0 Å². The summed E-state index contributed by atoms with van der Waals surface area (Å²) in [5.74, 6) is -0.322. The molecule has 1 aliphatic carbocycles. The number of carbonyl (C=O) groups excluding carboxylic acids is 1. The highest BCUT2D eigenvalue weighted by atomic mass is 19.4. The summed E-state index contributed by atoms with van der Waals surface area (Å²) in [5.41, 5.74) is 0.756. The number of alkyl halides is 3. The van der Waals surface area contributed by atoms with Crippen molar-refractivity contribution in [2.75, 3.05) is 5.32 Å². The second-order valence-electron chi connectivity index (χ2n) is 6.97. The van der Waals surface area contributed by atoms with Crippen LogP contribution in [0.3, 0.4) is 0 Å². The molecule has 4 rings (SSSR count). The molecule has 5 nitrogen and oxygen atoms in total. The van der Waals surface area contributed by atoms with E-state index in [9.17, 15) is 18.0 Å². The lowest BCUT2D eigenvalue weighted by molar-refractivity contribution is -0.137. The van der Waals surface area contributed by atoms with Crippen LogP contribution >= 0.6 is 0 Å². The predicted molar refractivity (Wildman–Crippen MR) is 97.1 cm³/mol. The fourth-order valence-electron chi connectivity index (χ4n) is 3.23. The molecule has 0 radical (unpaired) electrons. The van der Waals surface area contributed by atoms with Gasteiger partial charge in [0.1, 0.15) is 12.7 Å².